The third-order valence-corrected chi connectivity index (χ3v) is 13.0. The summed E-state index contributed by atoms with van der Waals surface area (Å²) < 4.78 is 2.18. The van der Waals surface area contributed by atoms with E-state index in [0.717, 1.165) is 61.6 Å². The molecule has 8 aromatic carbocycles. The summed E-state index contributed by atoms with van der Waals surface area (Å²) in [4.78, 5) is 25.3. The van der Waals surface area contributed by atoms with Crippen molar-refractivity contribution in [3.63, 3.8) is 0 Å². The summed E-state index contributed by atoms with van der Waals surface area (Å²) >= 11 is 0. The molecule has 2 aliphatic carbocycles. The second-order valence-electron chi connectivity index (χ2n) is 16.4. The lowest BCUT2D eigenvalue weighted by atomic mass is 9.70. The zero-order valence-electron chi connectivity index (χ0n) is 34.5. The SMILES string of the molecule is c1ccc(-c2nc(-c3ccc(-c4ccc(-n5c(-c6ccccn6)nc6ccccc65)cc4)cc3)nc(-c3cccc4c3-c3ccccc3C43c4ccccc4-c4ccccc43)n2)cc1. The van der Waals surface area contributed by atoms with Crippen LogP contribution in [-0.2, 0) is 5.41 Å². The van der Waals surface area contributed by atoms with Crippen molar-refractivity contribution in [2.45, 2.75) is 5.41 Å². The first-order valence-corrected chi connectivity index (χ1v) is 21.6. The quantitative estimate of drug-likeness (QED) is 0.167. The fraction of sp³-hybridized carbons (Fsp3) is 0.0172. The molecule has 64 heavy (non-hydrogen) atoms. The van der Waals surface area contributed by atoms with Gasteiger partial charge in [-0.25, -0.2) is 19.9 Å². The number of hydrogen-bond donors (Lipinski definition) is 0. The molecule has 298 valence electrons. The van der Waals surface area contributed by atoms with Gasteiger partial charge in [-0.15, -0.1) is 0 Å². The minimum atomic E-state index is -0.463. The predicted molar refractivity (Wildman–Crippen MR) is 256 cm³/mol. The van der Waals surface area contributed by atoms with Crippen LogP contribution in [0.2, 0.25) is 0 Å². The van der Waals surface area contributed by atoms with Crippen LogP contribution >= 0.6 is 0 Å². The molecule has 0 amide bonds. The van der Waals surface area contributed by atoms with Gasteiger partial charge in [-0.1, -0.05) is 176 Å². The van der Waals surface area contributed by atoms with Crippen molar-refractivity contribution in [2.24, 2.45) is 0 Å². The first kappa shape index (κ1) is 36.1. The lowest BCUT2D eigenvalue weighted by Crippen LogP contribution is -2.25. The third kappa shape index (κ3) is 5.36. The number of fused-ring (bicyclic) bond motifs is 11. The van der Waals surface area contributed by atoms with Crippen LogP contribution in [0.5, 0.6) is 0 Å². The van der Waals surface area contributed by atoms with Crippen molar-refractivity contribution in [1.82, 2.24) is 29.5 Å². The fourth-order valence-electron chi connectivity index (χ4n) is 10.2. The Morgan fingerprint density at radius 1 is 0.344 bits per heavy atom. The molecule has 3 aromatic heterocycles. The standard InChI is InChI=1S/C58H36N6/c1-2-15-39(16-3-1)54-61-55(40-30-28-37(29-31-40)38-32-34-41(35-33-38)64-52-27-11-10-25-50(52)60-57(64)51-26-12-13-36-59-51)63-56(62-54)45-20-14-24-49-53(45)44-19-6-9-23-48(44)58(49)46-21-7-4-17-42(46)43-18-5-8-22-47(43)58/h1-36H. The Morgan fingerprint density at radius 3 is 1.55 bits per heavy atom. The number of pyridine rings is 1. The lowest BCUT2D eigenvalue weighted by Gasteiger charge is -2.30. The zero-order chi connectivity index (χ0) is 42.2. The third-order valence-electron chi connectivity index (χ3n) is 13.0. The summed E-state index contributed by atoms with van der Waals surface area (Å²) in [6, 6.07) is 74.8. The Labute approximate surface area is 369 Å². The van der Waals surface area contributed by atoms with Gasteiger partial charge in [0.15, 0.2) is 23.3 Å². The molecule has 0 atom stereocenters. The summed E-state index contributed by atoms with van der Waals surface area (Å²) in [6.07, 6.45) is 1.81. The molecular formula is C58H36N6. The van der Waals surface area contributed by atoms with E-state index in [-0.39, 0.29) is 0 Å². The summed E-state index contributed by atoms with van der Waals surface area (Å²) in [5.74, 6) is 2.70. The molecule has 11 aromatic rings. The van der Waals surface area contributed by atoms with Crippen LogP contribution in [0.3, 0.4) is 0 Å². The predicted octanol–water partition coefficient (Wildman–Crippen LogP) is 13.3. The van der Waals surface area contributed by atoms with Crippen LogP contribution in [0.1, 0.15) is 22.3 Å². The van der Waals surface area contributed by atoms with Crippen LogP contribution in [0.4, 0.5) is 0 Å². The molecule has 6 heteroatoms. The maximum absolute atomic E-state index is 5.32. The van der Waals surface area contributed by atoms with E-state index in [1.54, 1.807) is 0 Å². The van der Waals surface area contributed by atoms with E-state index in [1.165, 1.54) is 38.9 Å². The molecule has 0 saturated heterocycles. The summed E-state index contributed by atoms with van der Waals surface area (Å²) in [5.41, 5.74) is 18.4. The molecule has 0 N–H and O–H groups in total. The average molecular weight is 817 g/mol. The smallest absolute Gasteiger partial charge is 0.164 e. The number of nitrogens with zero attached hydrogens (tertiary/aromatic N) is 6. The second-order valence-corrected chi connectivity index (χ2v) is 16.4. The maximum atomic E-state index is 5.32. The summed E-state index contributed by atoms with van der Waals surface area (Å²) in [7, 11) is 0. The van der Waals surface area contributed by atoms with Gasteiger partial charge in [-0.3, -0.25) is 9.55 Å². The van der Waals surface area contributed by atoms with Gasteiger partial charge in [-0.2, -0.15) is 0 Å². The highest BCUT2D eigenvalue weighted by Crippen LogP contribution is 2.63. The van der Waals surface area contributed by atoms with Crippen molar-refractivity contribution < 1.29 is 0 Å². The Kier molecular flexibility index (Phi) is 8.02. The zero-order valence-corrected chi connectivity index (χ0v) is 34.5. The van der Waals surface area contributed by atoms with Crippen molar-refractivity contribution in [3.8, 4) is 84.7 Å². The number of imidazole rings is 1. The van der Waals surface area contributed by atoms with Crippen molar-refractivity contribution in [1.29, 1.82) is 0 Å². The van der Waals surface area contributed by atoms with E-state index >= 15 is 0 Å². The highest BCUT2D eigenvalue weighted by atomic mass is 15.1. The van der Waals surface area contributed by atoms with E-state index < -0.39 is 5.41 Å². The average Bonchev–Trinajstić information content (AvgIpc) is 4.02. The number of rotatable bonds is 6. The molecular weight excluding hydrogens is 781 g/mol. The molecule has 3 heterocycles. The van der Waals surface area contributed by atoms with Gasteiger partial charge in [-0.05, 0) is 92.0 Å². The molecule has 0 saturated carbocycles. The van der Waals surface area contributed by atoms with E-state index in [2.05, 4.69) is 167 Å². The molecule has 0 radical (unpaired) electrons. The number of aromatic nitrogens is 6. The highest BCUT2D eigenvalue weighted by Gasteiger charge is 2.52. The Balaban J connectivity index is 0.918. The number of benzene rings is 8. The minimum absolute atomic E-state index is 0.463. The van der Waals surface area contributed by atoms with E-state index in [4.69, 9.17) is 19.9 Å². The summed E-state index contributed by atoms with van der Waals surface area (Å²) in [5, 5.41) is 0. The van der Waals surface area contributed by atoms with E-state index in [1.807, 2.05) is 60.8 Å². The summed E-state index contributed by atoms with van der Waals surface area (Å²) in [6.45, 7) is 0. The molecule has 0 unspecified atom stereocenters. The molecule has 6 nitrogen and oxygen atoms in total. The van der Waals surface area contributed by atoms with Crippen molar-refractivity contribution in [2.75, 3.05) is 0 Å². The number of para-hydroxylation sites is 2. The molecule has 0 bridgehead atoms. The highest BCUT2D eigenvalue weighted by molar-refractivity contribution is 5.99. The van der Waals surface area contributed by atoms with Crippen LogP contribution < -0.4 is 0 Å². The molecule has 1 spiro atoms. The fourth-order valence-corrected chi connectivity index (χ4v) is 10.2. The van der Waals surface area contributed by atoms with Crippen molar-refractivity contribution >= 4 is 11.0 Å². The van der Waals surface area contributed by atoms with E-state index in [0.29, 0.717) is 17.5 Å². The van der Waals surface area contributed by atoms with Gasteiger partial charge in [0.1, 0.15) is 5.69 Å². The van der Waals surface area contributed by atoms with Crippen LogP contribution in [0, 0.1) is 0 Å². The van der Waals surface area contributed by atoms with Gasteiger partial charge in [0.2, 0.25) is 0 Å². The minimum Gasteiger partial charge on any atom is -0.291 e. The van der Waals surface area contributed by atoms with Gasteiger partial charge in [0.05, 0.1) is 16.4 Å². The largest absolute Gasteiger partial charge is 0.291 e. The maximum Gasteiger partial charge on any atom is 0.164 e. The van der Waals surface area contributed by atoms with Gasteiger partial charge in [0.25, 0.3) is 0 Å². The second kappa shape index (κ2) is 14.2. The van der Waals surface area contributed by atoms with Crippen LogP contribution in [-0.4, -0.2) is 29.5 Å². The Morgan fingerprint density at radius 2 is 0.859 bits per heavy atom. The van der Waals surface area contributed by atoms with Crippen LogP contribution in [0.15, 0.2) is 219 Å². The Bertz CT molecular complexity index is 3550. The molecule has 13 rings (SSSR count). The van der Waals surface area contributed by atoms with Crippen molar-refractivity contribution in [3.05, 3.63) is 241 Å². The lowest BCUT2D eigenvalue weighted by molar-refractivity contribution is 0.794. The first-order valence-electron chi connectivity index (χ1n) is 21.6. The normalized spacial score (nSPS) is 12.8. The molecule has 0 fully saturated rings. The molecule has 2 aliphatic rings. The van der Waals surface area contributed by atoms with Gasteiger partial charge < -0.3 is 0 Å². The van der Waals surface area contributed by atoms with Crippen LogP contribution in [0.25, 0.3) is 95.8 Å². The monoisotopic (exact) mass is 816 g/mol. The van der Waals surface area contributed by atoms with Gasteiger partial charge >= 0.3 is 0 Å². The molecule has 0 aliphatic heterocycles. The topological polar surface area (TPSA) is 69.4 Å². The van der Waals surface area contributed by atoms with Gasteiger partial charge in [0, 0.05) is 28.6 Å². The first-order chi connectivity index (χ1) is 31.7. The Hall–Kier alpha value is -8.61. The van der Waals surface area contributed by atoms with E-state index in [9.17, 15) is 0 Å². The number of hydrogen-bond acceptors (Lipinski definition) is 5.